The van der Waals surface area contributed by atoms with E-state index in [2.05, 4.69) is 20.9 Å². The Morgan fingerprint density at radius 1 is 1.43 bits per heavy atom. The van der Waals surface area contributed by atoms with Gasteiger partial charge in [0.15, 0.2) is 0 Å². The molecule has 80 valence electrons. The highest BCUT2D eigenvalue weighted by Gasteiger charge is 2.39. The first-order chi connectivity index (χ1) is 6.20. The van der Waals surface area contributed by atoms with Crippen molar-refractivity contribution >= 4 is 40.0 Å². The lowest BCUT2D eigenvalue weighted by molar-refractivity contribution is 0.598. The van der Waals surface area contributed by atoms with Gasteiger partial charge in [0.1, 0.15) is 3.81 Å². The highest BCUT2D eigenvalue weighted by Crippen LogP contribution is 2.26. The number of sulfone groups is 2. The van der Waals surface area contributed by atoms with Crippen molar-refractivity contribution in [3.05, 3.63) is 10.0 Å². The summed E-state index contributed by atoms with van der Waals surface area (Å²) in [6.45, 7) is 2.80. The second kappa shape index (κ2) is 3.42. The van der Waals surface area contributed by atoms with Crippen LogP contribution >= 0.6 is 15.9 Å². The van der Waals surface area contributed by atoms with E-state index < -0.39 is 29.3 Å². The minimum absolute atomic E-state index is 0.218. The van der Waals surface area contributed by atoms with Crippen molar-refractivity contribution in [2.24, 2.45) is 4.99 Å². The molecule has 0 aromatic heterocycles. The second-order valence-electron chi connectivity index (χ2n) is 2.93. The van der Waals surface area contributed by atoms with Crippen molar-refractivity contribution in [1.29, 1.82) is 0 Å². The van der Waals surface area contributed by atoms with Gasteiger partial charge in [0.2, 0.25) is 19.7 Å². The number of hydrogen-bond acceptors (Lipinski definition) is 5. The molecule has 0 unspecified atom stereocenters. The SMILES string of the molecule is CC(C)S(=O)(=O)C1=NC=C(Br)S1(=O)=O. The van der Waals surface area contributed by atoms with Gasteiger partial charge >= 0.3 is 0 Å². The smallest absolute Gasteiger partial charge is 0.232 e. The summed E-state index contributed by atoms with van der Waals surface area (Å²) in [7, 11) is -7.77. The zero-order chi connectivity index (χ0) is 11.1. The zero-order valence-corrected chi connectivity index (χ0v) is 10.6. The lowest BCUT2D eigenvalue weighted by Crippen LogP contribution is -2.28. The molecule has 1 rings (SSSR count). The molecule has 0 saturated heterocycles. The van der Waals surface area contributed by atoms with Gasteiger partial charge in [-0.3, -0.25) is 0 Å². The average molecular weight is 302 g/mol. The fraction of sp³-hybridized carbons (Fsp3) is 0.500. The van der Waals surface area contributed by atoms with Crippen LogP contribution in [0.4, 0.5) is 0 Å². The third-order valence-corrected chi connectivity index (χ3v) is 7.48. The van der Waals surface area contributed by atoms with Crippen LogP contribution in [0.1, 0.15) is 13.8 Å². The van der Waals surface area contributed by atoms with Crippen LogP contribution in [-0.4, -0.2) is 26.5 Å². The monoisotopic (exact) mass is 301 g/mol. The quantitative estimate of drug-likeness (QED) is 0.717. The number of rotatable bonds is 1. The molecule has 0 spiro atoms. The summed E-state index contributed by atoms with van der Waals surface area (Å²) in [4.78, 5) is 3.39. The predicted octanol–water partition coefficient (Wildman–Crippen LogP) is 0.788. The van der Waals surface area contributed by atoms with E-state index in [1.807, 2.05) is 0 Å². The van der Waals surface area contributed by atoms with Gasteiger partial charge in [-0.15, -0.1) is 0 Å². The molecular formula is C6H8BrNO4S2. The molecule has 0 aromatic carbocycles. The molecule has 8 heteroatoms. The molecule has 0 N–H and O–H groups in total. The molecule has 1 heterocycles. The molecule has 0 atom stereocenters. The molecule has 5 nitrogen and oxygen atoms in total. The Morgan fingerprint density at radius 2 is 1.93 bits per heavy atom. The van der Waals surface area contributed by atoms with Crippen LogP contribution < -0.4 is 0 Å². The minimum Gasteiger partial charge on any atom is -0.232 e. The molecule has 14 heavy (non-hydrogen) atoms. The minimum atomic E-state index is -3.93. The maximum absolute atomic E-state index is 11.5. The van der Waals surface area contributed by atoms with E-state index in [1.165, 1.54) is 13.8 Å². The van der Waals surface area contributed by atoms with Gasteiger partial charge in [0.25, 0.3) is 4.38 Å². The first kappa shape index (κ1) is 11.9. The van der Waals surface area contributed by atoms with E-state index in [9.17, 15) is 16.8 Å². The summed E-state index contributed by atoms with van der Waals surface area (Å²) < 4.78 is 44.9. The van der Waals surface area contributed by atoms with E-state index in [0.717, 1.165) is 6.20 Å². The first-order valence-corrected chi connectivity index (χ1v) is 7.45. The van der Waals surface area contributed by atoms with Gasteiger partial charge in [-0.1, -0.05) is 0 Å². The van der Waals surface area contributed by atoms with Crippen LogP contribution in [0.2, 0.25) is 0 Å². The summed E-state index contributed by atoms with van der Waals surface area (Å²) >= 11 is 2.74. The van der Waals surface area contributed by atoms with E-state index in [1.54, 1.807) is 0 Å². The number of hydrogen-bond donors (Lipinski definition) is 0. The molecule has 1 aliphatic heterocycles. The highest BCUT2D eigenvalue weighted by atomic mass is 79.9. The number of nitrogens with zero attached hydrogens (tertiary/aromatic N) is 1. The van der Waals surface area contributed by atoms with E-state index in [0.29, 0.717) is 0 Å². The topological polar surface area (TPSA) is 80.6 Å². The highest BCUT2D eigenvalue weighted by molar-refractivity contribution is 9.14. The van der Waals surface area contributed by atoms with Gasteiger partial charge < -0.3 is 0 Å². The lowest BCUT2D eigenvalue weighted by atomic mass is 10.6. The largest absolute Gasteiger partial charge is 0.253 e. The van der Waals surface area contributed by atoms with Crippen LogP contribution in [0.3, 0.4) is 0 Å². The molecule has 0 aromatic rings. The zero-order valence-electron chi connectivity index (χ0n) is 7.43. The molecule has 0 bridgehead atoms. The van der Waals surface area contributed by atoms with Crippen LogP contribution in [0.15, 0.2) is 15.0 Å². The van der Waals surface area contributed by atoms with Crippen LogP contribution in [-0.2, 0) is 19.7 Å². The van der Waals surface area contributed by atoms with Crippen LogP contribution in [0.5, 0.6) is 0 Å². The molecule has 0 aliphatic carbocycles. The van der Waals surface area contributed by atoms with Crippen LogP contribution in [0, 0.1) is 0 Å². The molecule has 1 aliphatic rings. The molecule has 0 saturated carbocycles. The molecular weight excluding hydrogens is 294 g/mol. The predicted molar refractivity (Wildman–Crippen MR) is 57.4 cm³/mol. The Hall–Kier alpha value is -0.210. The standard InChI is InChI=1S/C6H8BrNO4S2/c1-4(2)13(9,10)6-8-3-5(7)14(6,11)12/h3-4H,1-2H3. The van der Waals surface area contributed by atoms with Crippen molar-refractivity contribution in [3.63, 3.8) is 0 Å². The number of halogens is 1. The second-order valence-corrected chi connectivity index (χ2v) is 8.82. The fourth-order valence-corrected chi connectivity index (χ4v) is 4.86. The van der Waals surface area contributed by atoms with E-state index in [-0.39, 0.29) is 3.81 Å². The van der Waals surface area contributed by atoms with Gasteiger partial charge in [-0.25, -0.2) is 21.8 Å². The molecule has 0 fully saturated rings. The Balaban J connectivity index is 3.35. The van der Waals surface area contributed by atoms with Gasteiger partial charge in [-0.05, 0) is 29.8 Å². The summed E-state index contributed by atoms with van der Waals surface area (Å²) in [5, 5.41) is -0.803. The maximum Gasteiger partial charge on any atom is 0.253 e. The third-order valence-electron chi connectivity index (χ3n) is 1.62. The van der Waals surface area contributed by atoms with Gasteiger partial charge in [0, 0.05) is 0 Å². The Morgan fingerprint density at radius 3 is 2.21 bits per heavy atom. The van der Waals surface area contributed by atoms with Crippen molar-refractivity contribution in [2.45, 2.75) is 19.1 Å². The maximum atomic E-state index is 11.5. The van der Waals surface area contributed by atoms with Crippen molar-refractivity contribution < 1.29 is 16.8 Å². The normalized spacial score (nSPS) is 20.9. The van der Waals surface area contributed by atoms with Gasteiger partial charge in [0.05, 0.1) is 11.4 Å². The fourth-order valence-electron chi connectivity index (χ4n) is 0.754. The van der Waals surface area contributed by atoms with Crippen LogP contribution in [0.25, 0.3) is 0 Å². The lowest BCUT2D eigenvalue weighted by Gasteiger charge is -2.06. The summed E-state index contributed by atoms with van der Waals surface area (Å²) in [6, 6.07) is 0. The van der Waals surface area contributed by atoms with Crippen molar-refractivity contribution in [2.75, 3.05) is 0 Å². The Bertz CT molecular complexity index is 512. The van der Waals surface area contributed by atoms with E-state index in [4.69, 9.17) is 0 Å². The first-order valence-electron chi connectivity index (χ1n) is 3.63. The van der Waals surface area contributed by atoms with Gasteiger partial charge in [-0.2, -0.15) is 0 Å². The Kier molecular flexibility index (Phi) is 2.90. The summed E-state index contributed by atoms with van der Waals surface area (Å²) in [5.41, 5.74) is 0. The summed E-state index contributed by atoms with van der Waals surface area (Å²) in [5.74, 6) is 0. The molecule has 0 radical (unpaired) electrons. The van der Waals surface area contributed by atoms with E-state index >= 15 is 0 Å². The molecule has 0 amide bonds. The van der Waals surface area contributed by atoms with Crippen molar-refractivity contribution in [3.8, 4) is 0 Å². The summed E-state index contributed by atoms with van der Waals surface area (Å²) in [6.07, 6.45) is 0.977. The third kappa shape index (κ3) is 1.66. The van der Waals surface area contributed by atoms with Crippen molar-refractivity contribution in [1.82, 2.24) is 0 Å². The average Bonchev–Trinajstić information content (AvgIpc) is 2.27. The Labute approximate surface area is 90.9 Å². The number of aliphatic imine (C=N–C) groups is 1.